The van der Waals surface area contributed by atoms with Crippen LogP contribution in [0.2, 0.25) is 0 Å². The molecule has 32 heavy (non-hydrogen) atoms. The number of carbonyl (C=O) groups is 1. The first kappa shape index (κ1) is 20.9. The van der Waals surface area contributed by atoms with Crippen LogP contribution in [0.25, 0.3) is 10.9 Å². The fraction of sp³-hybridized carbons (Fsp3) is 0.400. The van der Waals surface area contributed by atoms with Crippen molar-refractivity contribution in [1.29, 1.82) is 0 Å². The Kier molecular flexibility index (Phi) is 5.14. The third-order valence-corrected chi connectivity index (χ3v) is 6.76. The van der Waals surface area contributed by atoms with Gasteiger partial charge in [-0.2, -0.15) is 13.2 Å². The van der Waals surface area contributed by atoms with Crippen molar-refractivity contribution >= 4 is 22.5 Å². The van der Waals surface area contributed by atoms with E-state index >= 15 is 0 Å². The summed E-state index contributed by atoms with van der Waals surface area (Å²) >= 11 is 0. The van der Waals surface area contributed by atoms with Gasteiger partial charge in [-0.15, -0.1) is 0 Å². The van der Waals surface area contributed by atoms with Gasteiger partial charge in [0.05, 0.1) is 17.4 Å². The van der Waals surface area contributed by atoms with Crippen molar-refractivity contribution in [3.8, 4) is 5.75 Å². The number of carbonyl (C=O) groups excluding carboxylic acids is 1. The van der Waals surface area contributed by atoms with Crippen molar-refractivity contribution < 1.29 is 22.7 Å². The number of ether oxygens (including phenoxy) is 1. The molecule has 0 saturated heterocycles. The Morgan fingerprint density at radius 3 is 2.44 bits per heavy atom. The van der Waals surface area contributed by atoms with E-state index in [1.165, 1.54) is 0 Å². The SMILES string of the molecule is C[C@H]1C[C@@H](C(=O)Nc2c[nH]c3ccc(O[C@H]4C[C@@H](c5ccc(C(F)(F)F)cc5)C4)cc23)C1. The van der Waals surface area contributed by atoms with Gasteiger partial charge in [0.25, 0.3) is 0 Å². The van der Waals surface area contributed by atoms with Crippen LogP contribution < -0.4 is 10.1 Å². The fourth-order valence-corrected chi connectivity index (χ4v) is 4.70. The smallest absolute Gasteiger partial charge is 0.416 e. The molecule has 0 spiro atoms. The number of benzene rings is 2. The topological polar surface area (TPSA) is 54.1 Å². The van der Waals surface area contributed by atoms with Gasteiger partial charge in [-0.05, 0) is 73.4 Å². The van der Waals surface area contributed by atoms with Crippen LogP contribution in [0.1, 0.15) is 49.7 Å². The van der Waals surface area contributed by atoms with Crippen LogP contribution >= 0.6 is 0 Å². The largest absolute Gasteiger partial charge is 0.490 e. The molecule has 3 aromatic rings. The molecule has 0 atom stereocenters. The number of nitrogens with one attached hydrogen (secondary N) is 2. The molecule has 1 aromatic heterocycles. The molecule has 2 fully saturated rings. The Morgan fingerprint density at radius 1 is 1.06 bits per heavy atom. The average molecular weight is 442 g/mol. The highest BCUT2D eigenvalue weighted by Crippen LogP contribution is 2.41. The third kappa shape index (κ3) is 4.08. The Balaban J connectivity index is 1.20. The number of fused-ring (bicyclic) bond motifs is 1. The molecule has 2 N–H and O–H groups in total. The molecule has 1 heterocycles. The van der Waals surface area contributed by atoms with Gasteiger partial charge in [-0.1, -0.05) is 19.1 Å². The number of hydrogen-bond acceptors (Lipinski definition) is 2. The number of aromatic amines is 1. The van der Waals surface area contributed by atoms with Gasteiger partial charge in [-0.3, -0.25) is 4.79 Å². The van der Waals surface area contributed by atoms with Crippen LogP contribution in [0, 0.1) is 11.8 Å². The molecule has 2 aliphatic rings. The normalized spacial score (nSPS) is 25.1. The number of alkyl halides is 3. The summed E-state index contributed by atoms with van der Waals surface area (Å²) in [4.78, 5) is 15.6. The van der Waals surface area contributed by atoms with Crippen LogP contribution in [0.4, 0.5) is 18.9 Å². The molecule has 2 aromatic carbocycles. The minimum Gasteiger partial charge on any atom is -0.490 e. The first-order valence-corrected chi connectivity index (χ1v) is 11.0. The second-order valence-electron chi connectivity index (χ2n) is 9.20. The van der Waals surface area contributed by atoms with Gasteiger partial charge in [0, 0.05) is 23.0 Å². The second-order valence-corrected chi connectivity index (χ2v) is 9.20. The number of halogens is 3. The summed E-state index contributed by atoms with van der Waals surface area (Å²) in [5, 5.41) is 3.94. The summed E-state index contributed by atoms with van der Waals surface area (Å²) in [7, 11) is 0. The zero-order chi connectivity index (χ0) is 22.5. The van der Waals surface area contributed by atoms with E-state index in [0.29, 0.717) is 5.92 Å². The van der Waals surface area contributed by atoms with E-state index in [1.54, 1.807) is 18.3 Å². The highest BCUT2D eigenvalue weighted by molar-refractivity contribution is 6.03. The van der Waals surface area contributed by atoms with Crippen LogP contribution in [-0.2, 0) is 11.0 Å². The highest BCUT2D eigenvalue weighted by Gasteiger charge is 2.34. The number of aromatic nitrogens is 1. The fourth-order valence-electron chi connectivity index (χ4n) is 4.70. The maximum atomic E-state index is 12.7. The number of hydrogen-bond donors (Lipinski definition) is 2. The molecule has 5 rings (SSSR count). The van der Waals surface area contributed by atoms with Crippen LogP contribution in [0.5, 0.6) is 5.75 Å². The summed E-state index contributed by atoms with van der Waals surface area (Å²) in [5.74, 6) is 1.70. The molecule has 2 saturated carbocycles. The van der Waals surface area contributed by atoms with Gasteiger partial charge < -0.3 is 15.0 Å². The van der Waals surface area contributed by atoms with Gasteiger partial charge >= 0.3 is 6.18 Å². The Morgan fingerprint density at radius 2 is 1.78 bits per heavy atom. The Bertz CT molecular complexity index is 1120. The summed E-state index contributed by atoms with van der Waals surface area (Å²) in [6.45, 7) is 2.15. The first-order chi connectivity index (χ1) is 15.3. The molecule has 168 valence electrons. The molecule has 7 heteroatoms. The molecule has 1 amide bonds. The van der Waals surface area contributed by atoms with E-state index < -0.39 is 11.7 Å². The van der Waals surface area contributed by atoms with E-state index in [0.717, 1.165) is 65.7 Å². The van der Waals surface area contributed by atoms with Gasteiger partial charge in [-0.25, -0.2) is 0 Å². The van der Waals surface area contributed by atoms with E-state index in [-0.39, 0.29) is 23.8 Å². The van der Waals surface area contributed by atoms with Gasteiger partial charge in [0.1, 0.15) is 5.75 Å². The predicted octanol–water partition coefficient (Wildman–Crippen LogP) is 6.50. The van der Waals surface area contributed by atoms with Crippen molar-refractivity contribution in [2.45, 2.75) is 50.8 Å². The van der Waals surface area contributed by atoms with E-state index in [4.69, 9.17) is 4.74 Å². The molecule has 0 radical (unpaired) electrons. The third-order valence-electron chi connectivity index (χ3n) is 6.76. The van der Waals surface area contributed by atoms with Crippen molar-refractivity contribution in [1.82, 2.24) is 4.98 Å². The van der Waals surface area contributed by atoms with Crippen molar-refractivity contribution in [3.05, 3.63) is 59.8 Å². The number of H-pyrrole nitrogens is 1. The lowest BCUT2D eigenvalue weighted by Gasteiger charge is -2.36. The van der Waals surface area contributed by atoms with Crippen LogP contribution in [0.15, 0.2) is 48.7 Å². The summed E-state index contributed by atoms with van der Waals surface area (Å²) in [6, 6.07) is 11.2. The highest BCUT2D eigenvalue weighted by atomic mass is 19.4. The summed E-state index contributed by atoms with van der Waals surface area (Å²) < 4.78 is 44.3. The van der Waals surface area contributed by atoms with Crippen molar-refractivity contribution in [3.63, 3.8) is 0 Å². The van der Waals surface area contributed by atoms with Gasteiger partial charge in [0.2, 0.25) is 5.91 Å². The van der Waals surface area contributed by atoms with Crippen LogP contribution in [-0.4, -0.2) is 17.0 Å². The quantitative estimate of drug-likeness (QED) is 0.474. The summed E-state index contributed by atoms with van der Waals surface area (Å²) in [5.41, 5.74) is 1.97. The lowest BCUT2D eigenvalue weighted by molar-refractivity contribution is -0.137. The maximum absolute atomic E-state index is 12.7. The molecule has 2 aliphatic carbocycles. The minimum absolute atomic E-state index is 0.0215. The molecular formula is C25H25F3N2O2. The Hall–Kier alpha value is -2.96. The summed E-state index contributed by atoms with van der Waals surface area (Å²) in [6.07, 6.45) is 0.913. The lowest BCUT2D eigenvalue weighted by Crippen LogP contribution is -2.33. The van der Waals surface area contributed by atoms with Crippen molar-refractivity contribution in [2.75, 3.05) is 5.32 Å². The standard InChI is InChI=1S/C25H25F3N2O2/c1-14-8-17(9-14)24(31)30-23-13-29-22-7-6-19(12-21(22)23)32-20-10-16(11-20)15-2-4-18(5-3-15)25(26,27)28/h2-7,12-14,16-17,20,29H,8-11H2,1H3,(H,30,31)/t14-,16-,17+,20+. The lowest BCUT2D eigenvalue weighted by atomic mass is 9.75. The van der Waals surface area contributed by atoms with Gasteiger partial charge in [0.15, 0.2) is 0 Å². The van der Waals surface area contributed by atoms with E-state index in [1.807, 2.05) is 18.2 Å². The van der Waals surface area contributed by atoms with Crippen molar-refractivity contribution in [2.24, 2.45) is 11.8 Å². The monoisotopic (exact) mass is 442 g/mol. The minimum atomic E-state index is -4.31. The zero-order valence-corrected chi connectivity index (χ0v) is 17.7. The number of rotatable bonds is 5. The van der Waals surface area contributed by atoms with E-state index in [9.17, 15) is 18.0 Å². The molecule has 0 unspecified atom stereocenters. The van der Waals surface area contributed by atoms with Crippen LogP contribution in [0.3, 0.4) is 0 Å². The molecule has 0 aliphatic heterocycles. The zero-order valence-electron chi connectivity index (χ0n) is 17.7. The average Bonchev–Trinajstić information content (AvgIpc) is 3.09. The number of amides is 1. The Labute approximate surface area is 184 Å². The number of anilines is 1. The molecule has 0 bridgehead atoms. The maximum Gasteiger partial charge on any atom is 0.416 e. The van der Waals surface area contributed by atoms with E-state index in [2.05, 4.69) is 17.2 Å². The predicted molar refractivity (Wildman–Crippen MR) is 117 cm³/mol. The molecule has 4 nitrogen and oxygen atoms in total. The molecular weight excluding hydrogens is 417 g/mol. The first-order valence-electron chi connectivity index (χ1n) is 11.0. The second kappa shape index (κ2) is 7.87.